The molecule has 2 rings (SSSR count). The smallest absolute Gasteiger partial charge is 0.384 e. The minimum absolute atomic E-state index is 0.129. The Hall–Kier alpha value is -1.79. The maximum absolute atomic E-state index is 12.8. The molecule has 1 heterocycles. The molecule has 1 aliphatic carbocycles. The topological polar surface area (TPSA) is 66.0 Å². The summed E-state index contributed by atoms with van der Waals surface area (Å²) in [5.74, 6) is 0.319. The van der Waals surface area contributed by atoms with Gasteiger partial charge >= 0.3 is 6.18 Å². The Kier molecular flexibility index (Phi) is 4.39. The molecule has 0 saturated heterocycles. The van der Waals surface area contributed by atoms with Crippen LogP contribution in [-0.4, -0.2) is 24.4 Å². The fourth-order valence-electron chi connectivity index (χ4n) is 2.77. The van der Waals surface area contributed by atoms with E-state index in [1.54, 1.807) is 11.9 Å². The van der Waals surface area contributed by atoms with Crippen LogP contribution >= 0.6 is 0 Å². The van der Waals surface area contributed by atoms with Crippen LogP contribution in [0.1, 0.15) is 36.9 Å². The summed E-state index contributed by atoms with van der Waals surface area (Å²) >= 11 is 0. The van der Waals surface area contributed by atoms with E-state index in [0.717, 1.165) is 31.7 Å². The SMILES string of the molecule is CN(CC1CCCC1)c1nc(C(F)(F)F)ccc1C(=N)N. The van der Waals surface area contributed by atoms with Crippen molar-refractivity contribution < 1.29 is 13.2 Å². The standard InChI is InChI=1S/C14H19F3N4/c1-21(8-9-4-2-3-5-9)13-10(12(18)19)6-7-11(20-13)14(15,16)17/h6-7,9H,2-5,8H2,1H3,(H3,18,19). The highest BCUT2D eigenvalue weighted by molar-refractivity contribution is 5.99. The van der Waals surface area contributed by atoms with Crippen LogP contribution in [0.5, 0.6) is 0 Å². The number of rotatable bonds is 4. The van der Waals surface area contributed by atoms with Crippen LogP contribution in [0, 0.1) is 11.3 Å². The lowest BCUT2D eigenvalue weighted by Crippen LogP contribution is -2.29. The zero-order valence-corrected chi connectivity index (χ0v) is 11.9. The van der Waals surface area contributed by atoms with Crippen LogP contribution in [-0.2, 0) is 6.18 Å². The number of amidine groups is 1. The summed E-state index contributed by atoms with van der Waals surface area (Å²) in [6, 6.07) is 2.09. The highest BCUT2D eigenvalue weighted by atomic mass is 19.4. The molecule has 0 aromatic carbocycles. The lowest BCUT2D eigenvalue weighted by atomic mass is 10.1. The van der Waals surface area contributed by atoms with Crippen molar-refractivity contribution in [1.29, 1.82) is 5.41 Å². The van der Waals surface area contributed by atoms with Crippen LogP contribution in [0.25, 0.3) is 0 Å². The molecule has 1 aromatic rings. The van der Waals surface area contributed by atoms with Crippen molar-refractivity contribution in [3.05, 3.63) is 23.4 Å². The molecule has 116 valence electrons. The summed E-state index contributed by atoms with van der Waals surface area (Å²) in [6.45, 7) is 0.634. The van der Waals surface area contributed by atoms with Gasteiger partial charge in [-0.25, -0.2) is 4.98 Å². The average molecular weight is 300 g/mol. The lowest BCUT2D eigenvalue weighted by Gasteiger charge is -2.25. The summed E-state index contributed by atoms with van der Waals surface area (Å²) in [5.41, 5.74) is 4.74. The number of halogens is 3. The van der Waals surface area contributed by atoms with E-state index in [1.165, 1.54) is 6.07 Å². The number of hydrogen-bond acceptors (Lipinski definition) is 3. The zero-order valence-electron chi connectivity index (χ0n) is 11.9. The minimum Gasteiger partial charge on any atom is -0.384 e. The first kappa shape index (κ1) is 15.6. The van der Waals surface area contributed by atoms with Crippen molar-refractivity contribution in [2.24, 2.45) is 11.7 Å². The number of nitrogen functional groups attached to an aromatic ring is 1. The van der Waals surface area contributed by atoms with Gasteiger partial charge in [-0.2, -0.15) is 13.2 Å². The molecule has 7 heteroatoms. The Morgan fingerprint density at radius 1 is 1.38 bits per heavy atom. The highest BCUT2D eigenvalue weighted by Gasteiger charge is 2.33. The number of nitrogens with one attached hydrogen (secondary N) is 1. The molecule has 1 saturated carbocycles. The van der Waals surface area contributed by atoms with E-state index in [1.807, 2.05) is 0 Å². The Morgan fingerprint density at radius 3 is 2.52 bits per heavy atom. The number of nitrogens with zero attached hydrogens (tertiary/aromatic N) is 2. The zero-order chi connectivity index (χ0) is 15.6. The fourth-order valence-corrected chi connectivity index (χ4v) is 2.77. The van der Waals surface area contributed by atoms with Gasteiger partial charge in [0.05, 0.1) is 5.56 Å². The second-order valence-electron chi connectivity index (χ2n) is 5.51. The molecule has 4 nitrogen and oxygen atoms in total. The van der Waals surface area contributed by atoms with Gasteiger partial charge in [0.2, 0.25) is 0 Å². The maximum atomic E-state index is 12.8. The molecule has 3 N–H and O–H groups in total. The molecular weight excluding hydrogens is 281 g/mol. The highest BCUT2D eigenvalue weighted by Crippen LogP contribution is 2.31. The normalized spacial score (nSPS) is 16.2. The number of nitrogens with two attached hydrogens (primary N) is 1. The van der Waals surface area contributed by atoms with Crippen molar-refractivity contribution >= 4 is 11.7 Å². The number of anilines is 1. The van der Waals surface area contributed by atoms with Crippen LogP contribution in [0.15, 0.2) is 12.1 Å². The molecule has 0 amide bonds. The Labute approximate surface area is 121 Å². The number of pyridine rings is 1. The number of aromatic nitrogens is 1. The molecule has 0 radical (unpaired) electrons. The molecule has 0 spiro atoms. The van der Waals surface area contributed by atoms with E-state index in [0.29, 0.717) is 12.5 Å². The summed E-state index contributed by atoms with van der Waals surface area (Å²) < 4.78 is 38.4. The van der Waals surface area contributed by atoms with Crippen LogP contribution < -0.4 is 10.6 Å². The third kappa shape index (κ3) is 3.65. The van der Waals surface area contributed by atoms with E-state index in [-0.39, 0.29) is 17.2 Å². The van der Waals surface area contributed by atoms with Crippen LogP contribution in [0.3, 0.4) is 0 Å². The van der Waals surface area contributed by atoms with Gasteiger partial charge in [0.15, 0.2) is 0 Å². The second kappa shape index (κ2) is 5.91. The van der Waals surface area contributed by atoms with Gasteiger partial charge in [-0.1, -0.05) is 12.8 Å². The Morgan fingerprint density at radius 2 is 2.00 bits per heavy atom. The summed E-state index contributed by atoms with van der Waals surface area (Å²) in [7, 11) is 1.70. The van der Waals surface area contributed by atoms with Crippen molar-refractivity contribution in [3.63, 3.8) is 0 Å². The van der Waals surface area contributed by atoms with E-state index in [2.05, 4.69) is 4.98 Å². The van der Waals surface area contributed by atoms with E-state index in [9.17, 15) is 13.2 Å². The molecule has 0 aliphatic heterocycles. The van der Waals surface area contributed by atoms with Gasteiger partial charge in [0.1, 0.15) is 17.3 Å². The summed E-state index contributed by atoms with van der Waals surface area (Å²) in [5, 5.41) is 7.51. The largest absolute Gasteiger partial charge is 0.433 e. The van der Waals surface area contributed by atoms with E-state index in [4.69, 9.17) is 11.1 Å². The second-order valence-corrected chi connectivity index (χ2v) is 5.51. The molecule has 1 fully saturated rings. The molecule has 1 aromatic heterocycles. The Bertz CT molecular complexity index is 521. The van der Waals surface area contributed by atoms with Crippen molar-refractivity contribution in [2.45, 2.75) is 31.9 Å². The molecule has 21 heavy (non-hydrogen) atoms. The fraction of sp³-hybridized carbons (Fsp3) is 0.571. The van der Waals surface area contributed by atoms with Crippen molar-refractivity contribution in [2.75, 3.05) is 18.5 Å². The number of alkyl halides is 3. The molecular formula is C14H19F3N4. The third-order valence-electron chi connectivity index (χ3n) is 3.82. The van der Waals surface area contributed by atoms with Gasteiger partial charge in [-0.3, -0.25) is 5.41 Å². The molecule has 0 bridgehead atoms. The van der Waals surface area contributed by atoms with Gasteiger partial charge in [0, 0.05) is 13.6 Å². The monoisotopic (exact) mass is 300 g/mol. The quantitative estimate of drug-likeness (QED) is 0.663. The minimum atomic E-state index is -4.50. The first-order valence-corrected chi connectivity index (χ1v) is 6.93. The van der Waals surface area contributed by atoms with Gasteiger partial charge in [-0.15, -0.1) is 0 Å². The number of hydrogen-bond donors (Lipinski definition) is 2. The van der Waals surface area contributed by atoms with E-state index < -0.39 is 11.9 Å². The predicted molar refractivity (Wildman–Crippen MR) is 75.5 cm³/mol. The summed E-state index contributed by atoms with van der Waals surface area (Å²) in [6.07, 6.45) is -0.0160. The van der Waals surface area contributed by atoms with Crippen LogP contribution in [0.2, 0.25) is 0 Å². The van der Waals surface area contributed by atoms with Gasteiger partial charge < -0.3 is 10.6 Å². The first-order chi connectivity index (χ1) is 9.79. The van der Waals surface area contributed by atoms with Crippen molar-refractivity contribution in [3.8, 4) is 0 Å². The van der Waals surface area contributed by atoms with Gasteiger partial charge in [0.25, 0.3) is 0 Å². The third-order valence-corrected chi connectivity index (χ3v) is 3.82. The first-order valence-electron chi connectivity index (χ1n) is 6.93. The predicted octanol–water partition coefficient (Wildman–Crippen LogP) is 3.01. The van der Waals surface area contributed by atoms with Crippen LogP contribution in [0.4, 0.5) is 19.0 Å². The molecule has 0 atom stereocenters. The summed E-state index contributed by atoms with van der Waals surface area (Å²) in [4.78, 5) is 5.37. The Balaban J connectivity index is 2.31. The van der Waals surface area contributed by atoms with Gasteiger partial charge in [-0.05, 0) is 30.9 Å². The van der Waals surface area contributed by atoms with Crippen molar-refractivity contribution in [1.82, 2.24) is 4.98 Å². The van der Waals surface area contributed by atoms with E-state index >= 15 is 0 Å². The maximum Gasteiger partial charge on any atom is 0.433 e. The molecule has 1 aliphatic rings. The molecule has 0 unspecified atom stereocenters. The lowest BCUT2D eigenvalue weighted by molar-refractivity contribution is -0.141. The average Bonchev–Trinajstić information content (AvgIpc) is 2.89.